The van der Waals surface area contributed by atoms with Gasteiger partial charge in [-0.1, -0.05) is 26.8 Å². The average molecular weight is 289 g/mol. The number of nitrogen functional groups attached to an aromatic ring is 1. The van der Waals surface area contributed by atoms with Gasteiger partial charge in [-0.25, -0.2) is 0 Å². The lowest BCUT2D eigenvalue weighted by Gasteiger charge is -2.30. The molecule has 1 aromatic carbocycles. The Balaban J connectivity index is 2.20. The van der Waals surface area contributed by atoms with Crippen LogP contribution in [0, 0.1) is 11.3 Å². The molecule has 0 aliphatic carbocycles. The lowest BCUT2D eigenvalue weighted by atomic mass is 9.77. The highest BCUT2D eigenvalue weighted by Gasteiger charge is 2.27. The predicted molar refractivity (Wildman–Crippen MR) is 88.4 cm³/mol. The fourth-order valence-electron chi connectivity index (χ4n) is 3.25. The van der Waals surface area contributed by atoms with Crippen molar-refractivity contribution in [2.75, 3.05) is 23.7 Å². The Kier molecular flexibility index (Phi) is 4.45. The normalized spacial score (nSPS) is 20.1. The second-order valence-electron chi connectivity index (χ2n) is 7.08. The van der Waals surface area contributed by atoms with E-state index in [1.54, 1.807) is 6.07 Å². The number of anilines is 2. The molecule has 1 fully saturated rings. The molecule has 1 unspecified atom stereocenters. The molecule has 4 heteroatoms. The molecule has 0 bridgehead atoms. The third-order valence-corrected chi connectivity index (χ3v) is 4.64. The van der Waals surface area contributed by atoms with Crippen molar-refractivity contribution >= 4 is 17.3 Å². The van der Waals surface area contributed by atoms with Crippen molar-refractivity contribution in [3.63, 3.8) is 0 Å². The number of benzene rings is 1. The van der Waals surface area contributed by atoms with Crippen LogP contribution in [0.4, 0.5) is 11.4 Å². The van der Waals surface area contributed by atoms with Gasteiger partial charge in [-0.3, -0.25) is 4.79 Å². The van der Waals surface area contributed by atoms with Crippen LogP contribution in [0.5, 0.6) is 0 Å². The zero-order valence-electron chi connectivity index (χ0n) is 13.4. The standard InChI is InChI=1S/C17H27N3O/c1-17(2,3)12-6-5-10-20(11-9-12)14-8-4-7-13(15(14)18)16(19)21/h4,7-8,12H,5-6,9-11,18H2,1-3H3,(H2,19,21). The lowest BCUT2D eigenvalue weighted by molar-refractivity contribution is 0.100. The molecule has 1 saturated heterocycles. The van der Waals surface area contributed by atoms with Gasteiger partial charge in [0, 0.05) is 13.1 Å². The van der Waals surface area contributed by atoms with Crippen LogP contribution in [0.1, 0.15) is 50.4 Å². The summed E-state index contributed by atoms with van der Waals surface area (Å²) in [4.78, 5) is 13.7. The summed E-state index contributed by atoms with van der Waals surface area (Å²) in [5.41, 5.74) is 13.8. The summed E-state index contributed by atoms with van der Waals surface area (Å²) in [5, 5.41) is 0. The maximum atomic E-state index is 11.4. The van der Waals surface area contributed by atoms with Gasteiger partial charge in [-0.2, -0.15) is 0 Å². The van der Waals surface area contributed by atoms with Gasteiger partial charge in [0.05, 0.1) is 16.9 Å². The Hall–Kier alpha value is -1.71. The van der Waals surface area contributed by atoms with Crippen molar-refractivity contribution in [1.29, 1.82) is 0 Å². The Labute approximate surface area is 127 Å². The number of carbonyl (C=O) groups is 1. The zero-order valence-corrected chi connectivity index (χ0v) is 13.4. The van der Waals surface area contributed by atoms with E-state index in [9.17, 15) is 4.79 Å². The molecule has 0 radical (unpaired) electrons. The van der Waals surface area contributed by atoms with Crippen molar-refractivity contribution in [2.24, 2.45) is 17.1 Å². The highest BCUT2D eigenvalue weighted by atomic mass is 16.1. The number of nitrogens with zero attached hydrogens (tertiary/aromatic N) is 1. The number of amides is 1. The summed E-state index contributed by atoms with van der Waals surface area (Å²) >= 11 is 0. The van der Waals surface area contributed by atoms with Gasteiger partial charge in [0.1, 0.15) is 0 Å². The first-order valence-corrected chi connectivity index (χ1v) is 7.74. The van der Waals surface area contributed by atoms with Crippen LogP contribution in [0.25, 0.3) is 0 Å². The van der Waals surface area contributed by atoms with Gasteiger partial charge in [-0.15, -0.1) is 0 Å². The fourth-order valence-corrected chi connectivity index (χ4v) is 3.25. The summed E-state index contributed by atoms with van der Waals surface area (Å²) in [5.74, 6) is 0.264. The van der Waals surface area contributed by atoms with Crippen molar-refractivity contribution in [3.05, 3.63) is 23.8 Å². The minimum atomic E-state index is -0.461. The van der Waals surface area contributed by atoms with E-state index in [-0.39, 0.29) is 0 Å². The van der Waals surface area contributed by atoms with Gasteiger partial charge in [-0.05, 0) is 42.7 Å². The van der Waals surface area contributed by atoms with E-state index in [2.05, 4.69) is 25.7 Å². The number of para-hydroxylation sites is 1. The third kappa shape index (κ3) is 3.49. The molecule has 0 saturated carbocycles. The van der Waals surface area contributed by atoms with Crippen molar-refractivity contribution in [3.8, 4) is 0 Å². The largest absolute Gasteiger partial charge is 0.396 e. The topological polar surface area (TPSA) is 72.3 Å². The van der Waals surface area contributed by atoms with Gasteiger partial charge >= 0.3 is 0 Å². The van der Waals surface area contributed by atoms with E-state index < -0.39 is 5.91 Å². The summed E-state index contributed by atoms with van der Waals surface area (Å²) in [7, 11) is 0. The molecule has 4 N–H and O–H groups in total. The van der Waals surface area contributed by atoms with Crippen molar-refractivity contribution < 1.29 is 4.79 Å². The molecule has 1 aromatic rings. The first kappa shape index (κ1) is 15.7. The molecule has 2 rings (SSSR count). The molecule has 1 amide bonds. The minimum Gasteiger partial charge on any atom is -0.396 e. The molecule has 0 aromatic heterocycles. The molecule has 1 aliphatic rings. The molecule has 21 heavy (non-hydrogen) atoms. The molecule has 0 spiro atoms. The van der Waals surface area contributed by atoms with Crippen LogP contribution in [-0.4, -0.2) is 19.0 Å². The third-order valence-electron chi connectivity index (χ3n) is 4.64. The maximum Gasteiger partial charge on any atom is 0.250 e. The van der Waals surface area contributed by atoms with E-state index in [0.717, 1.165) is 37.5 Å². The first-order valence-electron chi connectivity index (χ1n) is 7.74. The number of nitrogens with two attached hydrogens (primary N) is 2. The molecule has 1 aliphatic heterocycles. The monoisotopic (exact) mass is 289 g/mol. The van der Waals surface area contributed by atoms with Crippen LogP contribution >= 0.6 is 0 Å². The second kappa shape index (κ2) is 5.96. The summed E-state index contributed by atoms with van der Waals surface area (Å²) in [6.07, 6.45) is 3.56. The second-order valence-corrected chi connectivity index (χ2v) is 7.08. The van der Waals surface area contributed by atoms with E-state index in [1.165, 1.54) is 6.42 Å². The highest BCUT2D eigenvalue weighted by molar-refractivity contribution is 6.00. The Morgan fingerprint density at radius 3 is 2.57 bits per heavy atom. The number of rotatable bonds is 2. The number of primary amides is 1. The SMILES string of the molecule is CC(C)(C)C1CCCN(c2cccc(C(N)=O)c2N)CC1. The molecular weight excluding hydrogens is 262 g/mol. The fraction of sp³-hybridized carbons (Fsp3) is 0.588. The van der Waals surface area contributed by atoms with Gasteiger partial charge < -0.3 is 16.4 Å². The van der Waals surface area contributed by atoms with E-state index in [1.807, 2.05) is 12.1 Å². The molecular formula is C17H27N3O. The summed E-state index contributed by atoms with van der Waals surface area (Å²) in [6, 6.07) is 5.54. The lowest BCUT2D eigenvalue weighted by Crippen LogP contribution is -2.27. The highest BCUT2D eigenvalue weighted by Crippen LogP contribution is 2.36. The number of carbonyl (C=O) groups excluding carboxylic acids is 1. The van der Waals surface area contributed by atoms with Crippen LogP contribution in [0.3, 0.4) is 0 Å². The Morgan fingerprint density at radius 1 is 1.24 bits per heavy atom. The minimum absolute atomic E-state index is 0.344. The van der Waals surface area contributed by atoms with Crippen molar-refractivity contribution in [1.82, 2.24) is 0 Å². The van der Waals surface area contributed by atoms with Gasteiger partial charge in [0.2, 0.25) is 0 Å². The quantitative estimate of drug-likeness (QED) is 0.822. The first-order chi connectivity index (χ1) is 9.80. The van der Waals surface area contributed by atoms with Crippen LogP contribution < -0.4 is 16.4 Å². The Bertz CT molecular complexity index is 519. The number of hydrogen-bond acceptors (Lipinski definition) is 3. The van der Waals surface area contributed by atoms with Crippen molar-refractivity contribution in [2.45, 2.75) is 40.0 Å². The van der Waals surface area contributed by atoms with Gasteiger partial charge in [0.15, 0.2) is 0 Å². The maximum absolute atomic E-state index is 11.4. The van der Waals surface area contributed by atoms with E-state index in [0.29, 0.717) is 16.7 Å². The average Bonchev–Trinajstić information content (AvgIpc) is 2.64. The molecule has 4 nitrogen and oxygen atoms in total. The van der Waals surface area contributed by atoms with E-state index in [4.69, 9.17) is 11.5 Å². The van der Waals surface area contributed by atoms with Gasteiger partial charge in [0.25, 0.3) is 5.91 Å². The van der Waals surface area contributed by atoms with E-state index >= 15 is 0 Å². The van der Waals surface area contributed by atoms with Crippen LogP contribution in [0.2, 0.25) is 0 Å². The predicted octanol–water partition coefficient (Wildman–Crippen LogP) is 3.02. The molecule has 116 valence electrons. The van der Waals surface area contributed by atoms with Crippen LogP contribution in [-0.2, 0) is 0 Å². The zero-order chi connectivity index (χ0) is 15.6. The smallest absolute Gasteiger partial charge is 0.250 e. The summed E-state index contributed by atoms with van der Waals surface area (Å²) < 4.78 is 0. The molecule has 1 heterocycles. The van der Waals surface area contributed by atoms with Crippen LogP contribution in [0.15, 0.2) is 18.2 Å². The summed E-state index contributed by atoms with van der Waals surface area (Å²) in [6.45, 7) is 8.91. The molecule has 1 atom stereocenters. The Morgan fingerprint density at radius 2 is 1.95 bits per heavy atom. The number of hydrogen-bond donors (Lipinski definition) is 2.